The highest BCUT2D eigenvalue weighted by atomic mass is 35.5. The number of alkyl halides is 3. The second kappa shape index (κ2) is 6.45. The van der Waals surface area contributed by atoms with E-state index in [0.717, 1.165) is 22.6 Å². The normalized spacial score (nSPS) is 11.5. The Labute approximate surface area is 145 Å². The van der Waals surface area contributed by atoms with Crippen molar-refractivity contribution < 1.29 is 17.9 Å². The number of ether oxygens (including phenoxy) is 1. The zero-order valence-electron chi connectivity index (χ0n) is 12.4. The van der Waals surface area contributed by atoms with Crippen LogP contribution >= 0.6 is 22.9 Å². The molecule has 0 saturated carbocycles. The maximum Gasteiger partial charge on any atom is 0.416 e. The lowest BCUT2D eigenvalue weighted by atomic mass is 10.2. The lowest BCUT2D eigenvalue weighted by Gasteiger charge is -2.10. The van der Waals surface area contributed by atoms with E-state index in [2.05, 4.69) is 4.98 Å². The molecule has 24 heavy (non-hydrogen) atoms. The van der Waals surface area contributed by atoms with Gasteiger partial charge in [0.2, 0.25) is 5.88 Å². The molecule has 2 heterocycles. The zero-order valence-corrected chi connectivity index (χ0v) is 14.0. The molecule has 0 bridgehead atoms. The summed E-state index contributed by atoms with van der Waals surface area (Å²) in [6, 6.07) is 11.8. The molecule has 0 spiro atoms. The third kappa shape index (κ3) is 3.88. The minimum Gasteiger partial charge on any atom is -0.439 e. The molecular formula is C17H11ClF3NOS. The number of rotatable bonds is 3. The van der Waals surface area contributed by atoms with Gasteiger partial charge in [0.05, 0.1) is 20.5 Å². The predicted molar refractivity (Wildman–Crippen MR) is 88.8 cm³/mol. The second-order valence-corrected chi connectivity index (χ2v) is 6.81. The highest BCUT2D eigenvalue weighted by Crippen LogP contribution is 2.34. The van der Waals surface area contributed by atoms with Crippen LogP contribution in [-0.2, 0) is 6.18 Å². The first-order valence-corrected chi connectivity index (χ1v) is 8.10. The van der Waals surface area contributed by atoms with Crippen LogP contribution in [0.2, 0.25) is 4.34 Å². The number of halogens is 4. The molecule has 0 unspecified atom stereocenters. The van der Waals surface area contributed by atoms with Crippen LogP contribution in [0.25, 0.3) is 10.6 Å². The van der Waals surface area contributed by atoms with Crippen LogP contribution in [0.15, 0.2) is 48.5 Å². The van der Waals surface area contributed by atoms with Crippen LogP contribution in [0.4, 0.5) is 13.2 Å². The van der Waals surface area contributed by atoms with Crippen molar-refractivity contribution in [3.8, 4) is 22.2 Å². The minimum absolute atomic E-state index is 0.0816. The van der Waals surface area contributed by atoms with Gasteiger partial charge in [-0.2, -0.15) is 13.2 Å². The maximum atomic E-state index is 12.8. The molecule has 124 valence electrons. The van der Waals surface area contributed by atoms with Crippen LogP contribution < -0.4 is 4.74 Å². The molecule has 2 aromatic heterocycles. The zero-order chi connectivity index (χ0) is 17.3. The number of hydrogen-bond acceptors (Lipinski definition) is 3. The number of aromatic nitrogens is 1. The average molecular weight is 370 g/mol. The van der Waals surface area contributed by atoms with Crippen molar-refractivity contribution in [1.29, 1.82) is 0 Å². The van der Waals surface area contributed by atoms with Crippen LogP contribution in [0.5, 0.6) is 11.6 Å². The van der Waals surface area contributed by atoms with E-state index in [-0.39, 0.29) is 11.6 Å². The molecule has 0 fully saturated rings. The fourth-order valence-corrected chi connectivity index (χ4v) is 3.13. The summed E-state index contributed by atoms with van der Waals surface area (Å²) >= 11 is 7.30. The Morgan fingerprint density at radius 1 is 1.08 bits per heavy atom. The molecule has 3 aromatic rings. The third-order valence-corrected chi connectivity index (χ3v) is 4.41. The van der Waals surface area contributed by atoms with Crippen molar-refractivity contribution in [3.05, 3.63) is 64.0 Å². The molecule has 2 nitrogen and oxygen atoms in total. The van der Waals surface area contributed by atoms with Gasteiger partial charge in [-0.1, -0.05) is 17.7 Å². The van der Waals surface area contributed by atoms with Crippen LogP contribution in [-0.4, -0.2) is 4.98 Å². The molecular weight excluding hydrogens is 359 g/mol. The van der Waals surface area contributed by atoms with Crippen molar-refractivity contribution in [2.45, 2.75) is 13.1 Å². The van der Waals surface area contributed by atoms with Gasteiger partial charge in [-0.3, -0.25) is 0 Å². The third-order valence-electron chi connectivity index (χ3n) is 3.16. The van der Waals surface area contributed by atoms with Crippen molar-refractivity contribution in [1.82, 2.24) is 4.98 Å². The van der Waals surface area contributed by atoms with Gasteiger partial charge in [0.25, 0.3) is 0 Å². The Morgan fingerprint density at radius 2 is 1.88 bits per heavy atom. The first kappa shape index (κ1) is 16.8. The van der Waals surface area contributed by atoms with E-state index in [1.165, 1.54) is 23.5 Å². The fourth-order valence-electron chi connectivity index (χ4n) is 2.12. The van der Waals surface area contributed by atoms with Gasteiger partial charge >= 0.3 is 6.18 Å². The lowest BCUT2D eigenvalue weighted by molar-refractivity contribution is -0.137. The van der Waals surface area contributed by atoms with Crippen LogP contribution in [0.3, 0.4) is 0 Å². The lowest BCUT2D eigenvalue weighted by Crippen LogP contribution is -2.04. The van der Waals surface area contributed by atoms with E-state index in [1.807, 2.05) is 19.1 Å². The van der Waals surface area contributed by atoms with Gasteiger partial charge in [-0.25, -0.2) is 4.98 Å². The number of aryl methyl sites for hydroxylation is 1. The number of benzene rings is 1. The molecule has 0 atom stereocenters. The summed E-state index contributed by atoms with van der Waals surface area (Å²) in [5, 5.41) is 0. The van der Waals surface area contributed by atoms with Crippen molar-refractivity contribution in [3.63, 3.8) is 0 Å². The van der Waals surface area contributed by atoms with E-state index in [0.29, 0.717) is 10.0 Å². The quantitative estimate of drug-likeness (QED) is 0.520. The maximum absolute atomic E-state index is 12.8. The predicted octanol–water partition coefficient (Wildman–Crippen LogP) is 6.58. The summed E-state index contributed by atoms with van der Waals surface area (Å²) in [7, 11) is 0. The molecule has 0 aliphatic carbocycles. The number of nitrogens with zero attached hydrogens (tertiary/aromatic N) is 1. The molecule has 0 N–H and O–H groups in total. The van der Waals surface area contributed by atoms with E-state index >= 15 is 0 Å². The Bertz CT molecular complexity index is 876. The van der Waals surface area contributed by atoms with Crippen LogP contribution in [0.1, 0.15) is 11.1 Å². The first-order valence-electron chi connectivity index (χ1n) is 6.91. The highest BCUT2D eigenvalue weighted by Gasteiger charge is 2.30. The van der Waals surface area contributed by atoms with Gasteiger partial charge in [0, 0.05) is 6.07 Å². The summed E-state index contributed by atoms with van der Waals surface area (Å²) in [4.78, 5) is 5.21. The van der Waals surface area contributed by atoms with Crippen molar-refractivity contribution >= 4 is 22.9 Å². The smallest absolute Gasteiger partial charge is 0.416 e. The SMILES string of the molecule is Cc1cc(Oc2cccc(C(F)(F)F)c2)nc(-c2ccc(Cl)s2)c1. The summed E-state index contributed by atoms with van der Waals surface area (Å²) in [6.45, 7) is 1.86. The fraction of sp³-hybridized carbons (Fsp3) is 0.118. The largest absolute Gasteiger partial charge is 0.439 e. The highest BCUT2D eigenvalue weighted by molar-refractivity contribution is 7.19. The summed E-state index contributed by atoms with van der Waals surface area (Å²) < 4.78 is 44.5. The number of thiophene rings is 1. The Morgan fingerprint density at radius 3 is 2.54 bits per heavy atom. The molecule has 0 radical (unpaired) electrons. The van der Waals surface area contributed by atoms with Crippen molar-refractivity contribution in [2.75, 3.05) is 0 Å². The molecule has 1 aromatic carbocycles. The standard InChI is InChI=1S/C17H11ClF3NOS/c1-10-7-13(14-5-6-15(18)24-14)22-16(8-10)23-12-4-2-3-11(9-12)17(19,20)21/h2-9H,1H3. The number of pyridine rings is 1. The van der Waals surface area contributed by atoms with Gasteiger partial charge in [0.1, 0.15) is 5.75 Å². The minimum atomic E-state index is -4.42. The Balaban J connectivity index is 1.92. The monoisotopic (exact) mass is 369 g/mol. The average Bonchev–Trinajstić information content (AvgIpc) is 2.93. The topological polar surface area (TPSA) is 22.1 Å². The van der Waals surface area contributed by atoms with Crippen molar-refractivity contribution in [2.24, 2.45) is 0 Å². The van der Waals surface area contributed by atoms with E-state index in [4.69, 9.17) is 16.3 Å². The van der Waals surface area contributed by atoms with Crippen LogP contribution in [0, 0.1) is 6.92 Å². The van der Waals surface area contributed by atoms with Gasteiger partial charge < -0.3 is 4.74 Å². The van der Waals surface area contributed by atoms with E-state index in [9.17, 15) is 13.2 Å². The molecule has 7 heteroatoms. The number of hydrogen-bond donors (Lipinski definition) is 0. The summed E-state index contributed by atoms with van der Waals surface area (Å²) in [5.74, 6) is 0.312. The Kier molecular flexibility index (Phi) is 4.51. The molecule has 0 aliphatic rings. The van der Waals surface area contributed by atoms with Gasteiger partial charge in [-0.15, -0.1) is 11.3 Å². The van der Waals surface area contributed by atoms with E-state index < -0.39 is 11.7 Å². The first-order chi connectivity index (χ1) is 11.3. The molecule has 0 saturated heterocycles. The van der Waals surface area contributed by atoms with Gasteiger partial charge in [0.15, 0.2) is 0 Å². The summed E-state index contributed by atoms with van der Waals surface area (Å²) in [6.07, 6.45) is -4.42. The Hall–Kier alpha value is -2.05. The van der Waals surface area contributed by atoms with E-state index in [1.54, 1.807) is 12.1 Å². The summed E-state index contributed by atoms with van der Waals surface area (Å²) in [5.41, 5.74) is 0.776. The molecule has 0 aliphatic heterocycles. The molecule has 3 rings (SSSR count). The molecule has 0 amide bonds. The van der Waals surface area contributed by atoms with Gasteiger partial charge in [-0.05, 0) is 48.9 Å². The second-order valence-electron chi connectivity index (χ2n) is 5.10.